The normalized spacial score (nSPS) is 12.3. The summed E-state index contributed by atoms with van der Waals surface area (Å²) in [5, 5.41) is 3.06. The van der Waals surface area contributed by atoms with Crippen molar-refractivity contribution in [2.75, 3.05) is 6.54 Å². The lowest BCUT2D eigenvalue weighted by Crippen LogP contribution is -2.29. The summed E-state index contributed by atoms with van der Waals surface area (Å²) in [4.78, 5) is 11.8. The number of alkyl halides is 1. The Morgan fingerprint density at radius 2 is 1.16 bits per heavy atom. The molecule has 3 heteroatoms. The molecular formula is C22H44ClNO. The Balaban J connectivity index is 3.21. The number of halogens is 1. The lowest BCUT2D eigenvalue weighted by Gasteiger charge is -2.10. The van der Waals surface area contributed by atoms with Crippen molar-refractivity contribution < 1.29 is 4.79 Å². The smallest absolute Gasteiger partial charge is 0.220 e. The minimum Gasteiger partial charge on any atom is -0.355 e. The van der Waals surface area contributed by atoms with Gasteiger partial charge >= 0.3 is 0 Å². The summed E-state index contributed by atoms with van der Waals surface area (Å²) in [6.07, 6.45) is 21.4. The van der Waals surface area contributed by atoms with Crippen LogP contribution < -0.4 is 5.32 Å². The first-order valence-corrected chi connectivity index (χ1v) is 11.5. The Bertz CT molecular complexity index is 283. The van der Waals surface area contributed by atoms with Crippen LogP contribution in [0, 0.1) is 0 Å². The fourth-order valence-corrected chi connectivity index (χ4v) is 3.38. The predicted octanol–water partition coefficient (Wildman–Crippen LogP) is 7.38. The summed E-state index contributed by atoms with van der Waals surface area (Å²) in [6, 6.07) is 0. The Labute approximate surface area is 162 Å². The second-order valence-corrected chi connectivity index (χ2v) is 8.15. The topological polar surface area (TPSA) is 29.1 Å². The molecule has 0 radical (unpaired) electrons. The lowest BCUT2D eigenvalue weighted by atomic mass is 10.0. The molecule has 0 bridgehead atoms. The first-order valence-electron chi connectivity index (χ1n) is 11.1. The van der Waals surface area contributed by atoms with Gasteiger partial charge in [-0.3, -0.25) is 4.79 Å². The summed E-state index contributed by atoms with van der Waals surface area (Å²) >= 11 is 6.18. The van der Waals surface area contributed by atoms with Gasteiger partial charge in [0.1, 0.15) is 0 Å². The van der Waals surface area contributed by atoms with Crippen LogP contribution in [0.15, 0.2) is 0 Å². The van der Waals surface area contributed by atoms with E-state index < -0.39 is 0 Å². The van der Waals surface area contributed by atoms with Crippen LogP contribution in [-0.2, 0) is 4.79 Å². The Morgan fingerprint density at radius 3 is 1.64 bits per heavy atom. The van der Waals surface area contributed by atoms with Crippen molar-refractivity contribution in [2.24, 2.45) is 0 Å². The third-order valence-corrected chi connectivity index (χ3v) is 5.27. The standard InChI is InChI=1S/C22H44ClNO/c1-3-5-7-8-9-10-11-12-13-14-15-16-17-19-22(25)24-20-21(23)18-6-4-2/h21H,3-20H2,1-2H3,(H,24,25). The number of hydrogen-bond donors (Lipinski definition) is 1. The first-order chi connectivity index (χ1) is 12.2. The molecule has 0 aliphatic carbocycles. The molecule has 0 saturated heterocycles. The zero-order valence-electron chi connectivity index (χ0n) is 17.1. The van der Waals surface area contributed by atoms with Gasteiger partial charge in [0.25, 0.3) is 0 Å². The van der Waals surface area contributed by atoms with E-state index in [0.717, 1.165) is 25.7 Å². The molecule has 0 aromatic heterocycles. The first kappa shape index (κ1) is 24.8. The maximum absolute atomic E-state index is 11.8. The fraction of sp³-hybridized carbons (Fsp3) is 0.955. The van der Waals surface area contributed by atoms with Gasteiger partial charge in [-0.15, -0.1) is 11.6 Å². The second kappa shape index (κ2) is 20.1. The minimum atomic E-state index is 0.0931. The van der Waals surface area contributed by atoms with Crippen molar-refractivity contribution in [1.82, 2.24) is 5.32 Å². The molecule has 1 amide bonds. The lowest BCUT2D eigenvalue weighted by molar-refractivity contribution is -0.121. The Kier molecular flexibility index (Phi) is 19.9. The van der Waals surface area contributed by atoms with Crippen molar-refractivity contribution in [3.8, 4) is 0 Å². The highest BCUT2D eigenvalue weighted by Gasteiger charge is 2.06. The molecule has 150 valence electrons. The van der Waals surface area contributed by atoms with Crippen molar-refractivity contribution in [3.05, 3.63) is 0 Å². The van der Waals surface area contributed by atoms with Gasteiger partial charge in [0.05, 0.1) is 5.38 Å². The number of amides is 1. The van der Waals surface area contributed by atoms with Gasteiger partial charge in [-0.2, -0.15) is 0 Å². The number of nitrogens with one attached hydrogen (secondary N) is 1. The largest absolute Gasteiger partial charge is 0.355 e. The molecule has 0 spiro atoms. The van der Waals surface area contributed by atoms with E-state index in [1.165, 1.54) is 77.0 Å². The van der Waals surface area contributed by atoms with Crippen LogP contribution in [0.4, 0.5) is 0 Å². The van der Waals surface area contributed by atoms with Crippen molar-refractivity contribution in [1.29, 1.82) is 0 Å². The molecule has 0 heterocycles. The van der Waals surface area contributed by atoms with E-state index in [4.69, 9.17) is 11.6 Å². The molecule has 0 fully saturated rings. The number of rotatable bonds is 19. The zero-order chi connectivity index (χ0) is 18.6. The van der Waals surface area contributed by atoms with Gasteiger partial charge in [-0.1, -0.05) is 104 Å². The van der Waals surface area contributed by atoms with E-state index in [-0.39, 0.29) is 11.3 Å². The monoisotopic (exact) mass is 373 g/mol. The molecule has 2 nitrogen and oxygen atoms in total. The van der Waals surface area contributed by atoms with Crippen LogP contribution in [-0.4, -0.2) is 17.8 Å². The molecule has 0 aliphatic heterocycles. The van der Waals surface area contributed by atoms with Crippen molar-refractivity contribution in [3.63, 3.8) is 0 Å². The van der Waals surface area contributed by atoms with Gasteiger partial charge < -0.3 is 5.32 Å². The van der Waals surface area contributed by atoms with Crippen LogP contribution >= 0.6 is 11.6 Å². The molecule has 1 unspecified atom stereocenters. The van der Waals surface area contributed by atoms with E-state index in [1.807, 2.05) is 0 Å². The van der Waals surface area contributed by atoms with Gasteiger partial charge in [0.15, 0.2) is 0 Å². The van der Waals surface area contributed by atoms with Crippen LogP contribution in [0.2, 0.25) is 0 Å². The van der Waals surface area contributed by atoms with Crippen LogP contribution in [0.3, 0.4) is 0 Å². The highest BCUT2D eigenvalue weighted by molar-refractivity contribution is 6.20. The maximum Gasteiger partial charge on any atom is 0.220 e. The van der Waals surface area contributed by atoms with Crippen LogP contribution in [0.1, 0.15) is 123 Å². The average Bonchev–Trinajstić information content (AvgIpc) is 2.62. The van der Waals surface area contributed by atoms with E-state index in [1.54, 1.807) is 0 Å². The number of unbranched alkanes of at least 4 members (excludes halogenated alkanes) is 13. The molecule has 0 aromatic carbocycles. The molecule has 0 aliphatic rings. The Morgan fingerprint density at radius 1 is 0.720 bits per heavy atom. The molecule has 0 aromatic rings. The molecule has 25 heavy (non-hydrogen) atoms. The van der Waals surface area contributed by atoms with Crippen LogP contribution in [0.5, 0.6) is 0 Å². The third kappa shape index (κ3) is 19.9. The maximum atomic E-state index is 11.8. The van der Waals surface area contributed by atoms with E-state index in [0.29, 0.717) is 13.0 Å². The summed E-state index contributed by atoms with van der Waals surface area (Å²) < 4.78 is 0. The third-order valence-electron chi connectivity index (χ3n) is 4.90. The summed E-state index contributed by atoms with van der Waals surface area (Å²) in [5.74, 6) is 0.172. The minimum absolute atomic E-state index is 0.0931. The highest BCUT2D eigenvalue weighted by atomic mass is 35.5. The fourth-order valence-electron chi connectivity index (χ4n) is 3.14. The average molecular weight is 374 g/mol. The molecule has 1 atom stereocenters. The zero-order valence-corrected chi connectivity index (χ0v) is 17.8. The SMILES string of the molecule is CCCCCCCCCCCCCCCC(=O)NCC(Cl)CCCC. The van der Waals surface area contributed by atoms with Gasteiger partial charge in [-0.05, 0) is 12.8 Å². The molecular weight excluding hydrogens is 330 g/mol. The quantitative estimate of drug-likeness (QED) is 0.185. The van der Waals surface area contributed by atoms with Gasteiger partial charge in [0.2, 0.25) is 5.91 Å². The molecule has 0 saturated carbocycles. The molecule has 1 N–H and O–H groups in total. The van der Waals surface area contributed by atoms with E-state index in [9.17, 15) is 4.79 Å². The van der Waals surface area contributed by atoms with Gasteiger partial charge in [0, 0.05) is 13.0 Å². The number of carbonyl (C=O) groups excluding carboxylic acids is 1. The van der Waals surface area contributed by atoms with E-state index in [2.05, 4.69) is 19.2 Å². The highest BCUT2D eigenvalue weighted by Crippen LogP contribution is 2.13. The predicted molar refractivity (Wildman–Crippen MR) is 112 cm³/mol. The van der Waals surface area contributed by atoms with E-state index >= 15 is 0 Å². The number of carbonyl (C=O) groups is 1. The summed E-state index contributed by atoms with van der Waals surface area (Å²) in [6.45, 7) is 5.06. The van der Waals surface area contributed by atoms with Crippen LogP contribution in [0.25, 0.3) is 0 Å². The molecule has 0 rings (SSSR count). The second-order valence-electron chi connectivity index (χ2n) is 7.54. The van der Waals surface area contributed by atoms with Gasteiger partial charge in [-0.25, -0.2) is 0 Å². The number of hydrogen-bond acceptors (Lipinski definition) is 1. The van der Waals surface area contributed by atoms with Crippen molar-refractivity contribution >= 4 is 17.5 Å². The Hall–Kier alpha value is -0.240. The summed E-state index contributed by atoms with van der Waals surface area (Å²) in [7, 11) is 0. The summed E-state index contributed by atoms with van der Waals surface area (Å²) in [5.41, 5.74) is 0. The van der Waals surface area contributed by atoms with Crippen molar-refractivity contribution in [2.45, 2.75) is 128 Å².